The molecule has 3 aromatic rings. The minimum absolute atomic E-state index is 0.137. The number of amides is 1. The van der Waals surface area contributed by atoms with Crippen molar-refractivity contribution in [2.45, 2.75) is 13.0 Å². The van der Waals surface area contributed by atoms with Gasteiger partial charge in [0.2, 0.25) is 6.10 Å². The number of para-hydroxylation sites is 1. The molecule has 7 heteroatoms. The molecule has 0 saturated heterocycles. The summed E-state index contributed by atoms with van der Waals surface area (Å²) < 4.78 is 7.06. The molecule has 0 bridgehead atoms. The van der Waals surface area contributed by atoms with Crippen LogP contribution in [0.2, 0.25) is 5.15 Å². The van der Waals surface area contributed by atoms with Crippen LogP contribution in [0.1, 0.15) is 27.7 Å². The molecule has 3 rings (SSSR count). The van der Waals surface area contributed by atoms with Crippen molar-refractivity contribution in [3.05, 3.63) is 82.6 Å². The molecule has 2 aromatic carbocycles. The standard InChI is InChI=1S/C21H20ClN3O3/c1-14-17(19(22)25(23-14)16-12-8-5-9-13-16)21(27)28-18(20(26)24(2)3)15-10-6-4-7-11-15/h4-13,18H,1-3H3/t18-/m0/s1. The van der Waals surface area contributed by atoms with Crippen molar-refractivity contribution < 1.29 is 14.3 Å². The summed E-state index contributed by atoms with van der Waals surface area (Å²) in [4.78, 5) is 26.9. The molecule has 28 heavy (non-hydrogen) atoms. The summed E-state index contributed by atoms with van der Waals surface area (Å²) in [7, 11) is 3.22. The molecule has 1 aromatic heterocycles. The zero-order valence-electron chi connectivity index (χ0n) is 15.8. The molecule has 0 aliphatic carbocycles. The SMILES string of the molecule is Cc1nn(-c2ccccc2)c(Cl)c1C(=O)O[C@H](C(=O)N(C)C)c1ccccc1. The maximum absolute atomic E-state index is 12.9. The lowest BCUT2D eigenvalue weighted by Crippen LogP contribution is -2.31. The minimum Gasteiger partial charge on any atom is -0.444 e. The quantitative estimate of drug-likeness (QED) is 0.614. The number of hydrogen-bond donors (Lipinski definition) is 0. The van der Waals surface area contributed by atoms with E-state index in [0.717, 1.165) is 5.69 Å². The first-order chi connectivity index (χ1) is 13.4. The normalized spacial score (nSPS) is 11.7. The second kappa shape index (κ2) is 8.27. The van der Waals surface area contributed by atoms with E-state index in [9.17, 15) is 9.59 Å². The number of esters is 1. The van der Waals surface area contributed by atoms with Crippen molar-refractivity contribution in [2.24, 2.45) is 0 Å². The highest BCUT2D eigenvalue weighted by Gasteiger charge is 2.30. The Hall–Kier alpha value is -3.12. The van der Waals surface area contributed by atoms with Crippen molar-refractivity contribution in [2.75, 3.05) is 14.1 Å². The minimum atomic E-state index is -1.07. The number of aryl methyl sites for hydroxylation is 1. The highest BCUT2D eigenvalue weighted by Crippen LogP contribution is 2.27. The number of nitrogens with zero attached hydrogens (tertiary/aromatic N) is 3. The van der Waals surface area contributed by atoms with Crippen molar-refractivity contribution in [3.63, 3.8) is 0 Å². The van der Waals surface area contributed by atoms with Gasteiger partial charge in [-0.05, 0) is 19.1 Å². The number of hydrogen-bond acceptors (Lipinski definition) is 4. The molecule has 0 radical (unpaired) electrons. The Kier molecular flexibility index (Phi) is 5.80. The maximum atomic E-state index is 12.9. The fraction of sp³-hybridized carbons (Fsp3) is 0.190. The lowest BCUT2D eigenvalue weighted by Gasteiger charge is -2.21. The Morgan fingerprint density at radius 2 is 1.61 bits per heavy atom. The molecule has 0 aliphatic heterocycles. The van der Waals surface area contributed by atoms with Crippen molar-refractivity contribution in [3.8, 4) is 5.69 Å². The van der Waals surface area contributed by atoms with E-state index in [-0.39, 0.29) is 16.6 Å². The Morgan fingerprint density at radius 3 is 2.18 bits per heavy atom. The predicted octanol–water partition coefficient (Wildman–Crippen LogP) is 3.82. The van der Waals surface area contributed by atoms with Crippen LogP contribution in [0.3, 0.4) is 0 Å². The summed E-state index contributed by atoms with van der Waals surface area (Å²) in [5.41, 5.74) is 1.86. The molecule has 1 heterocycles. The van der Waals surface area contributed by atoms with Gasteiger partial charge in [-0.1, -0.05) is 60.1 Å². The summed E-state index contributed by atoms with van der Waals surface area (Å²) in [5.74, 6) is -1.04. The number of aromatic nitrogens is 2. The van der Waals surface area contributed by atoms with Gasteiger partial charge in [0.15, 0.2) is 0 Å². The molecule has 0 aliphatic rings. The average molecular weight is 398 g/mol. The number of carbonyl (C=O) groups is 2. The molecule has 0 fully saturated rings. The van der Waals surface area contributed by atoms with E-state index in [4.69, 9.17) is 16.3 Å². The molecular weight excluding hydrogens is 378 g/mol. The van der Waals surface area contributed by atoms with Gasteiger partial charge in [-0.3, -0.25) is 4.79 Å². The molecule has 6 nitrogen and oxygen atoms in total. The van der Waals surface area contributed by atoms with E-state index in [1.165, 1.54) is 9.58 Å². The van der Waals surface area contributed by atoms with Crippen LogP contribution in [-0.2, 0) is 9.53 Å². The van der Waals surface area contributed by atoms with Crippen molar-refractivity contribution in [1.82, 2.24) is 14.7 Å². The van der Waals surface area contributed by atoms with Gasteiger partial charge in [0.25, 0.3) is 5.91 Å². The second-order valence-corrected chi connectivity index (χ2v) is 6.79. The van der Waals surface area contributed by atoms with E-state index in [0.29, 0.717) is 11.3 Å². The van der Waals surface area contributed by atoms with Crippen LogP contribution < -0.4 is 0 Å². The third-order valence-electron chi connectivity index (χ3n) is 4.20. The van der Waals surface area contributed by atoms with Gasteiger partial charge in [0.05, 0.1) is 11.4 Å². The van der Waals surface area contributed by atoms with Gasteiger partial charge >= 0.3 is 5.97 Å². The summed E-state index contributed by atoms with van der Waals surface area (Å²) in [6.07, 6.45) is -1.07. The predicted molar refractivity (Wildman–Crippen MR) is 107 cm³/mol. The maximum Gasteiger partial charge on any atom is 0.344 e. The molecule has 0 unspecified atom stereocenters. The molecule has 0 spiro atoms. The molecule has 0 saturated carbocycles. The number of ether oxygens (including phenoxy) is 1. The Labute approximate surface area is 168 Å². The Balaban J connectivity index is 1.95. The zero-order valence-corrected chi connectivity index (χ0v) is 16.6. The number of rotatable bonds is 5. The average Bonchev–Trinajstić information content (AvgIpc) is 3.01. The molecule has 0 N–H and O–H groups in total. The fourth-order valence-corrected chi connectivity index (χ4v) is 3.11. The van der Waals surface area contributed by atoms with Crippen molar-refractivity contribution >= 4 is 23.5 Å². The van der Waals surface area contributed by atoms with Crippen LogP contribution in [0.4, 0.5) is 0 Å². The number of carbonyl (C=O) groups excluding carboxylic acids is 2. The zero-order chi connectivity index (χ0) is 20.3. The smallest absolute Gasteiger partial charge is 0.344 e. The lowest BCUT2D eigenvalue weighted by atomic mass is 10.1. The highest BCUT2D eigenvalue weighted by molar-refractivity contribution is 6.33. The van der Waals surface area contributed by atoms with Crippen LogP contribution in [0.5, 0.6) is 0 Å². The van der Waals surface area contributed by atoms with E-state index < -0.39 is 12.1 Å². The topological polar surface area (TPSA) is 64.4 Å². The summed E-state index contributed by atoms with van der Waals surface area (Å²) in [6, 6.07) is 18.1. The second-order valence-electron chi connectivity index (χ2n) is 6.43. The van der Waals surface area contributed by atoms with Crippen LogP contribution >= 0.6 is 11.6 Å². The van der Waals surface area contributed by atoms with Crippen LogP contribution in [0, 0.1) is 6.92 Å². The summed E-state index contributed by atoms with van der Waals surface area (Å²) in [6.45, 7) is 1.67. The first-order valence-electron chi connectivity index (χ1n) is 8.67. The number of halogens is 1. The molecule has 1 atom stereocenters. The first kappa shape index (κ1) is 19.6. The van der Waals surface area contributed by atoms with Crippen LogP contribution in [0.25, 0.3) is 5.69 Å². The van der Waals surface area contributed by atoms with Crippen LogP contribution in [-0.4, -0.2) is 40.7 Å². The number of benzene rings is 2. The largest absolute Gasteiger partial charge is 0.444 e. The van der Waals surface area contributed by atoms with E-state index in [1.807, 2.05) is 36.4 Å². The third-order valence-corrected chi connectivity index (χ3v) is 4.55. The molecule has 144 valence electrons. The highest BCUT2D eigenvalue weighted by atomic mass is 35.5. The van der Waals surface area contributed by atoms with Gasteiger partial charge < -0.3 is 9.64 Å². The fourth-order valence-electron chi connectivity index (χ4n) is 2.76. The van der Waals surface area contributed by atoms with Crippen LogP contribution in [0.15, 0.2) is 60.7 Å². The van der Waals surface area contributed by atoms with Gasteiger partial charge in [-0.2, -0.15) is 5.10 Å². The number of likely N-dealkylation sites (N-methyl/N-ethyl adjacent to an activating group) is 1. The summed E-state index contributed by atoms with van der Waals surface area (Å²) >= 11 is 6.43. The van der Waals surface area contributed by atoms with E-state index in [2.05, 4.69) is 5.10 Å². The van der Waals surface area contributed by atoms with Crippen molar-refractivity contribution in [1.29, 1.82) is 0 Å². The van der Waals surface area contributed by atoms with Gasteiger partial charge in [-0.25, -0.2) is 9.48 Å². The van der Waals surface area contributed by atoms with Gasteiger partial charge in [0.1, 0.15) is 10.7 Å². The Morgan fingerprint density at radius 1 is 1.04 bits per heavy atom. The Bertz CT molecular complexity index is 985. The van der Waals surface area contributed by atoms with E-state index >= 15 is 0 Å². The molecular formula is C21H20ClN3O3. The summed E-state index contributed by atoms with van der Waals surface area (Å²) in [5, 5.41) is 4.49. The van der Waals surface area contributed by atoms with E-state index in [1.54, 1.807) is 45.3 Å². The lowest BCUT2D eigenvalue weighted by molar-refractivity contribution is -0.138. The van der Waals surface area contributed by atoms with Gasteiger partial charge in [-0.15, -0.1) is 0 Å². The van der Waals surface area contributed by atoms with Gasteiger partial charge in [0, 0.05) is 19.7 Å². The third kappa shape index (κ3) is 3.92. The first-order valence-corrected chi connectivity index (χ1v) is 9.05. The monoisotopic (exact) mass is 397 g/mol. The molecule has 1 amide bonds.